The van der Waals surface area contributed by atoms with Gasteiger partial charge in [0.05, 0.1) is 0 Å². The second kappa shape index (κ2) is 7.88. The SMILES string of the molecule is CCCCCCC(=O)NCc1ccc(C)cc1. The zero-order valence-electron chi connectivity index (χ0n) is 11.0. The van der Waals surface area contributed by atoms with E-state index in [4.69, 9.17) is 0 Å². The van der Waals surface area contributed by atoms with Crippen LogP contribution in [0, 0.1) is 6.92 Å². The van der Waals surface area contributed by atoms with Crippen molar-refractivity contribution in [2.75, 3.05) is 0 Å². The fourth-order valence-electron chi connectivity index (χ4n) is 1.71. The second-order valence-corrected chi connectivity index (χ2v) is 4.57. The van der Waals surface area contributed by atoms with Gasteiger partial charge in [-0.1, -0.05) is 56.0 Å². The summed E-state index contributed by atoms with van der Waals surface area (Å²) in [5.41, 5.74) is 2.41. The van der Waals surface area contributed by atoms with Gasteiger partial charge in [-0.25, -0.2) is 0 Å². The number of benzene rings is 1. The Hall–Kier alpha value is -1.31. The van der Waals surface area contributed by atoms with Crippen LogP contribution < -0.4 is 5.32 Å². The van der Waals surface area contributed by atoms with Gasteiger partial charge in [0, 0.05) is 13.0 Å². The van der Waals surface area contributed by atoms with E-state index in [0.29, 0.717) is 13.0 Å². The Balaban J connectivity index is 2.17. The molecule has 2 nitrogen and oxygen atoms in total. The Morgan fingerprint density at radius 3 is 2.47 bits per heavy atom. The summed E-state index contributed by atoms with van der Waals surface area (Å²) in [6, 6.07) is 8.27. The van der Waals surface area contributed by atoms with Crippen molar-refractivity contribution in [1.29, 1.82) is 0 Å². The van der Waals surface area contributed by atoms with Crippen LogP contribution in [0.15, 0.2) is 24.3 Å². The summed E-state index contributed by atoms with van der Waals surface area (Å²) >= 11 is 0. The minimum atomic E-state index is 0.168. The molecular formula is C15H23NO. The molecule has 0 radical (unpaired) electrons. The highest BCUT2D eigenvalue weighted by Gasteiger charge is 2.00. The monoisotopic (exact) mass is 233 g/mol. The lowest BCUT2D eigenvalue weighted by molar-refractivity contribution is -0.121. The molecule has 1 rings (SSSR count). The van der Waals surface area contributed by atoms with Gasteiger partial charge in [0.2, 0.25) is 5.91 Å². The largest absolute Gasteiger partial charge is 0.352 e. The predicted octanol–water partition coefficient (Wildman–Crippen LogP) is 3.58. The predicted molar refractivity (Wildman–Crippen MR) is 71.8 cm³/mol. The zero-order valence-corrected chi connectivity index (χ0v) is 11.0. The summed E-state index contributed by atoms with van der Waals surface area (Å²) in [7, 11) is 0. The van der Waals surface area contributed by atoms with Gasteiger partial charge in [0.25, 0.3) is 0 Å². The van der Waals surface area contributed by atoms with E-state index in [1.54, 1.807) is 0 Å². The molecule has 94 valence electrons. The third-order valence-corrected chi connectivity index (χ3v) is 2.87. The number of carbonyl (C=O) groups is 1. The van der Waals surface area contributed by atoms with Crippen LogP contribution in [-0.4, -0.2) is 5.91 Å². The standard InChI is InChI=1S/C15H23NO/c1-3-4-5-6-7-15(17)16-12-14-10-8-13(2)9-11-14/h8-11H,3-7,12H2,1-2H3,(H,16,17). The number of rotatable bonds is 7. The van der Waals surface area contributed by atoms with Crippen LogP contribution in [-0.2, 0) is 11.3 Å². The average molecular weight is 233 g/mol. The summed E-state index contributed by atoms with van der Waals surface area (Å²) in [6.07, 6.45) is 5.27. The molecule has 2 heteroatoms. The van der Waals surface area contributed by atoms with Crippen molar-refractivity contribution in [2.45, 2.75) is 52.5 Å². The van der Waals surface area contributed by atoms with Crippen LogP contribution in [0.25, 0.3) is 0 Å². The van der Waals surface area contributed by atoms with Gasteiger partial charge in [-0.05, 0) is 18.9 Å². The van der Waals surface area contributed by atoms with E-state index >= 15 is 0 Å². The lowest BCUT2D eigenvalue weighted by Gasteiger charge is -2.05. The highest BCUT2D eigenvalue weighted by atomic mass is 16.1. The van der Waals surface area contributed by atoms with Gasteiger partial charge < -0.3 is 5.32 Å². The zero-order chi connectivity index (χ0) is 12.5. The van der Waals surface area contributed by atoms with Crippen molar-refractivity contribution in [3.8, 4) is 0 Å². The number of unbranched alkanes of at least 4 members (excludes halogenated alkanes) is 3. The molecule has 0 aliphatic heterocycles. The van der Waals surface area contributed by atoms with E-state index in [1.165, 1.54) is 18.4 Å². The van der Waals surface area contributed by atoms with Crippen LogP contribution in [0.4, 0.5) is 0 Å². The molecule has 0 spiro atoms. The second-order valence-electron chi connectivity index (χ2n) is 4.57. The van der Waals surface area contributed by atoms with Crippen LogP contribution >= 0.6 is 0 Å². The number of hydrogen-bond acceptors (Lipinski definition) is 1. The molecular weight excluding hydrogens is 210 g/mol. The fourth-order valence-corrected chi connectivity index (χ4v) is 1.71. The average Bonchev–Trinajstić information content (AvgIpc) is 2.34. The molecule has 1 N–H and O–H groups in total. The highest BCUT2D eigenvalue weighted by Crippen LogP contribution is 2.04. The number of nitrogens with one attached hydrogen (secondary N) is 1. The molecule has 1 amide bonds. The summed E-state index contributed by atoms with van der Waals surface area (Å²) in [4.78, 5) is 11.5. The molecule has 0 aromatic heterocycles. The Morgan fingerprint density at radius 1 is 1.12 bits per heavy atom. The van der Waals surface area contributed by atoms with Gasteiger partial charge in [-0.2, -0.15) is 0 Å². The maximum Gasteiger partial charge on any atom is 0.220 e. The van der Waals surface area contributed by atoms with Crippen molar-refractivity contribution < 1.29 is 4.79 Å². The van der Waals surface area contributed by atoms with Crippen molar-refractivity contribution >= 4 is 5.91 Å². The van der Waals surface area contributed by atoms with Crippen LogP contribution in [0.1, 0.15) is 50.2 Å². The van der Waals surface area contributed by atoms with Crippen LogP contribution in [0.3, 0.4) is 0 Å². The Morgan fingerprint density at radius 2 is 1.82 bits per heavy atom. The minimum Gasteiger partial charge on any atom is -0.352 e. The quantitative estimate of drug-likeness (QED) is 0.716. The fraction of sp³-hybridized carbons (Fsp3) is 0.533. The number of carbonyl (C=O) groups excluding carboxylic acids is 1. The molecule has 17 heavy (non-hydrogen) atoms. The molecule has 1 aromatic carbocycles. The van der Waals surface area contributed by atoms with Gasteiger partial charge in [0.1, 0.15) is 0 Å². The molecule has 0 bridgehead atoms. The maximum atomic E-state index is 11.5. The van der Waals surface area contributed by atoms with Crippen molar-refractivity contribution in [2.24, 2.45) is 0 Å². The molecule has 0 saturated carbocycles. The Bertz CT molecular complexity index is 329. The Labute approximate surface area is 104 Å². The number of amides is 1. The van der Waals surface area contributed by atoms with E-state index in [0.717, 1.165) is 18.4 Å². The third-order valence-electron chi connectivity index (χ3n) is 2.87. The van der Waals surface area contributed by atoms with Gasteiger partial charge in [-0.15, -0.1) is 0 Å². The molecule has 0 aliphatic carbocycles. The van der Waals surface area contributed by atoms with Crippen LogP contribution in [0.5, 0.6) is 0 Å². The van der Waals surface area contributed by atoms with E-state index < -0.39 is 0 Å². The molecule has 0 atom stereocenters. The van der Waals surface area contributed by atoms with Crippen molar-refractivity contribution in [3.05, 3.63) is 35.4 Å². The molecule has 0 fully saturated rings. The van der Waals surface area contributed by atoms with E-state index in [1.807, 2.05) is 0 Å². The van der Waals surface area contributed by atoms with E-state index in [-0.39, 0.29) is 5.91 Å². The lowest BCUT2D eigenvalue weighted by Crippen LogP contribution is -2.22. The topological polar surface area (TPSA) is 29.1 Å². The third kappa shape index (κ3) is 6.10. The molecule has 0 unspecified atom stereocenters. The number of aryl methyl sites for hydroxylation is 1. The highest BCUT2D eigenvalue weighted by molar-refractivity contribution is 5.75. The van der Waals surface area contributed by atoms with Crippen molar-refractivity contribution in [1.82, 2.24) is 5.32 Å². The summed E-state index contributed by atoms with van der Waals surface area (Å²) in [5.74, 6) is 0.168. The molecule has 1 aromatic rings. The number of hydrogen-bond donors (Lipinski definition) is 1. The first-order valence-corrected chi connectivity index (χ1v) is 6.54. The first-order valence-electron chi connectivity index (χ1n) is 6.54. The maximum absolute atomic E-state index is 11.5. The normalized spacial score (nSPS) is 10.2. The lowest BCUT2D eigenvalue weighted by atomic mass is 10.1. The van der Waals surface area contributed by atoms with Crippen LogP contribution in [0.2, 0.25) is 0 Å². The summed E-state index contributed by atoms with van der Waals surface area (Å²) in [6.45, 7) is 4.89. The molecule has 0 heterocycles. The molecule has 0 aliphatic rings. The van der Waals surface area contributed by atoms with Gasteiger partial charge in [-0.3, -0.25) is 4.79 Å². The van der Waals surface area contributed by atoms with E-state index in [9.17, 15) is 4.79 Å². The summed E-state index contributed by atoms with van der Waals surface area (Å²) in [5, 5.41) is 2.96. The summed E-state index contributed by atoms with van der Waals surface area (Å²) < 4.78 is 0. The van der Waals surface area contributed by atoms with Crippen molar-refractivity contribution in [3.63, 3.8) is 0 Å². The van der Waals surface area contributed by atoms with E-state index in [2.05, 4.69) is 43.4 Å². The smallest absolute Gasteiger partial charge is 0.220 e. The van der Waals surface area contributed by atoms with Gasteiger partial charge >= 0.3 is 0 Å². The first kappa shape index (κ1) is 13.8. The Kier molecular flexibility index (Phi) is 6.38. The first-order chi connectivity index (χ1) is 8.22. The minimum absolute atomic E-state index is 0.168. The van der Waals surface area contributed by atoms with Gasteiger partial charge in [0.15, 0.2) is 0 Å². The molecule has 0 saturated heterocycles.